The number of benzene rings is 1. The maximum atomic E-state index is 11.8. The molecule has 2 N–H and O–H groups in total. The second-order valence-corrected chi connectivity index (χ2v) is 5.00. The lowest BCUT2D eigenvalue weighted by molar-refractivity contribution is -0.117. The summed E-state index contributed by atoms with van der Waals surface area (Å²) >= 11 is 0. The summed E-state index contributed by atoms with van der Waals surface area (Å²) in [6.45, 7) is 3.20. The zero-order valence-electron chi connectivity index (χ0n) is 10.9. The monoisotopic (exact) mass is 245 g/mol. The summed E-state index contributed by atoms with van der Waals surface area (Å²) in [5.41, 5.74) is 3.23. The first kappa shape index (κ1) is 11.5. The molecule has 1 aromatic rings. The summed E-state index contributed by atoms with van der Waals surface area (Å²) in [7, 11) is 1.82. The number of carbonyl (C=O) groups excluding carboxylic acids is 1. The summed E-state index contributed by atoms with van der Waals surface area (Å²) in [5.74, 6) is 0.0409. The molecule has 1 aliphatic carbocycles. The smallest absolute Gasteiger partial charge is 0.246 e. The Morgan fingerprint density at radius 3 is 2.83 bits per heavy atom. The van der Waals surface area contributed by atoms with Crippen molar-refractivity contribution in [1.82, 2.24) is 5.32 Å². The second kappa shape index (κ2) is 4.28. The van der Waals surface area contributed by atoms with E-state index in [9.17, 15) is 4.79 Å². The molecule has 1 amide bonds. The highest BCUT2D eigenvalue weighted by atomic mass is 16.2. The molecule has 0 spiro atoms. The molecule has 0 bridgehead atoms. The molecule has 1 atom stereocenters. The predicted octanol–water partition coefficient (Wildman–Crippen LogP) is 1.89. The molecule has 4 heteroatoms. The van der Waals surface area contributed by atoms with Gasteiger partial charge in [0.1, 0.15) is 6.04 Å². The van der Waals surface area contributed by atoms with Gasteiger partial charge in [0.2, 0.25) is 5.91 Å². The summed E-state index contributed by atoms with van der Waals surface area (Å²) in [4.78, 5) is 14.2. The SMILES string of the molecule is CCN(c1ccc2c(c1)NC(=O)C2NC)C1CC1. The van der Waals surface area contributed by atoms with Gasteiger partial charge in [0.15, 0.2) is 0 Å². The van der Waals surface area contributed by atoms with Crippen LogP contribution in [0.15, 0.2) is 18.2 Å². The van der Waals surface area contributed by atoms with E-state index in [1.54, 1.807) is 0 Å². The zero-order valence-corrected chi connectivity index (χ0v) is 10.9. The Labute approximate surface area is 107 Å². The molecule has 96 valence electrons. The van der Waals surface area contributed by atoms with Crippen molar-refractivity contribution >= 4 is 17.3 Å². The van der Waals surface area contributed by atoms with Crippen molar-refractivity contribution in [3.63, 3.8) is 0 Å². The largest absolute Gasteiger partial charge is 0.369 e. The number of hydrogen-bond donors (Lipinski definition) is 2. The van der Waals surface area contributed by atoms with Crippen molar-refractivity contribution in [2.24, 2.45) is 0 Å². The number of anilines is 2. The van der Waals surface area contributed by atoms with Gasteiger partial charge in [-0.2, -0.15) is 0 Å². The fourth-order valence-electron chi connectivity index (χ4n) is 2.75. The lowest BCUT2D eigenvalue weighted by atomic mass is 10.1. The third kappa shape index (κ3) is 1.77. The Kier molecular flexibility index (Phi) is 2.74. The van der Waals surface area contributed by atoms with Gasteiger partial charge in [-0.3, -0.25) is 4.79 Å². The molecule has 0 saturated heterocycles. The number of nitrogens with zero attached hydrogens (tertiary/aromatic N) is 1. The van der Waals surface area contributed by atoms with Crippen LogP contribution in [-0.4, -0.2) is 25.5 Å². The van der Waals surface area contributed by atoms with E-state index in [1.807, 2.05) is 7.05 Å². The number of fused-ring (bicyclic) bond motifs is 1. The highest BCUT2D eigenvalue weighted by Gasteiger charge is 2.32. The van der Waals surface area contributed by atoms with Crippen LogP contribution in [0, 0.1) is 0 Å². The molecule has 0 aromatic heterocycles. The average molecular weight is 245 g/mol. The summed E-state index contributed by atoms with van der Waals surface area (Å²) in [6, 6.07) is 6.79. The topological polar surface area (TPSA) is 44.4 Å². The van der Waals surface area contributed by atoms with Crippen molar-refractivity contribution in [2.45, 2.75) is 31.8 Å². The lowest BCUT2D eigenvalue weighted by Gasteiger charge is -2.23. The Balaban J connectivity index is 1.92. The Bertz CT molecular complexity index is 482. The lowest BCUT2D eigenvalue weighted by Crippen LogP contribution is -2.25. The van der Waals surface area contributed by atoms with E-state index in [1.165, 1.54) is 18.5 Å². The van der Waals surface area contributed by atoms with E-state index in [0.29, 0.717) is 6.04 Å². The molecule has 18 heavy (non-hydrogen) atoms. The minimum Gasteiger partial charge on any atom is -0.369 e. The molecular weight excluding hydrogens is 226 g/mol. The number of rotatable bonds is 4. The van der Waals surface area contributed by atoms with Gasteiger partial charge >= 0.3 is 0 Å². The molecular formula is C14H19N3O. The van der Waals surface area contributed by atoms with Gasteiger partial charge in [0.25, 0.3) is 0 Å². The van der Waals surface area contributed by atoms with E-state index in [2.05, 4.69) is 40.7 Å². The van der Waals surface area contributed by atoms with Crippen molar-refractivity contribution in [2.75, 3.05) is 23.8 Å². The first-order valence-electron chi connectivity index (χ1n) is 6.63. The first-order chi connectivity index (χ1) is 8.74. The summed E-state index contributed by atoms with van der Waals surface area (Å²) < 4.78 is 0. The van der Waals surface area contributed by atoms with Crippen LogP contribution in [0.25, 0.3) is 0 Å². The van der Waals surface area contributed by atoms with E-state index < -0.39 is 0 Å². The van der Waals surface area contributed by atoms with E-state index in [4.69, 9.17) is 0 Å². The number of carbonyl (C=O) groups is 1. The van der Waals surface area contributed by atoms with Crippen LogP contribution >= 0.6 is 0 Å². The fraction of sp³-hybridized carbons (Fsp3) is 0.500. The average Bonchev–Trinajstić information content (AvgIpc) is 3.13. The number of amides is 1. The Hall–Kier alpha value is -1.55. The highest BCUT2D eigenvalue weighted by molar-refractivity contribution is 6.03. The molecule has 0 radical (unpaired) electrons. The molecule has 1 saturated carbocycles. The van der Waals surface area contributed by atoms with Crippen LogP contribution in [-0.2, 0) is 4.79 Å². The molecule has 1 unspecified atom stereocenters. The van der Waals surface area contributed by atoms with Gasteiger partial charge < -0.3 is 15.5 Å². The van der Waals surface area contributed by atoms with Crippen LogP contribution in [0.4, 0.5) is 11.4 Å². The van der Waals surface area contributed by atoms with Gasteiger partial charge in [-0.25, -0.2) is 0 Å². The van der Waals surface area contributed by atoms with Crippen molar-refractivity contribution in [1.29, 1.82) is 0 Å². The van der Waals surface area contributed by atoms with Crippen molar-refractivity contribution in [3.8, 4) is 0 Å². The van der Waals surface area contributed by atoms with Gasteiger partial charge in [-0.05, 0) is 38.9 Å². The second-order valence-electron chi connectivity index (χ2n) is 5.00. The van der Waals surface area contributed by atoms with E-state index >= 15 is 0 Å². The molecule has 1 aromatic carbocycles. The third-order valence-electron chi connectivity index (χ3n) is 3.82. The van der Waals surface area contributed by atoms with Crippen LogP contribution in [0.2, 0.25) is 0 Å². The molecule has 1 aliphatic heterocycles. The van der Waals surface area contributed by atoms with Crippen molar-refractivity contribution < 1.29 is 4.79 Å². The molecule has 2 aliphatic rings. The van der Waals surface area contributed by atoms with Gasteiger partial charge in [-0.15, -0.1) is 0 Å². The van der Waals surface area contributed by atoms with Gasteiger partial charge in [0.05, 0.1) is 0 Å². The highest BCUT2D eigenvalue weighted by Crippen LogP contribution is 2.37. The van der Waals surface area contributed by atoms with Crippen molar-refractivity contribution in [3.05, 3.63) is 23.8 Å². The Morgan fingerprint density at radius 2 is 2.22 bits per heavy atom. The third-order valence-corrected chi connectivity index (χ3v) is 3.82. The van der Waals surface area contributed by atoms with Gasteiger partial charge in [-0.1, -0.05) is 6.07 Å². The van der Waals surface area contributed by atoms with E-state index in [-0.39, 0.29) is 11.9 Å². The molecule has 4 nitrogen and oxygen atoms in total. The van der Waals surface area contributed by atoms with E-state index in [0.717, 1.165) is 17.8 Å². The van der Waals surface area contributed by atoms with Crippen LogP contribution < -0.4 is 15.5 Å². The summed E-state index contributed by atoms with van der Waals surface area (Å²) in [5, 5.41) is 5.99. The predicted molar refractivity (Wildman–Crippen MR) is 72.9 cm³/mol. The fourth-order valence-corrected chi connectivity index (χ4v) is 2.75. The summed E-state index contributed by atoms with van der Waals surface area (Å²) in [6.07, 6.45) is 2.58. The molecule has 3 rings (SSSR count). The normalized spacial score (nSPS) is 21.7. The first-order valence-corrected chi connectivity index (χ1v) is 6.63. The minimum atomic E-state index is -0.204. The number of likely N-dealkylation sites (N-methyl/N-ethyl adjacent to an activating group) is 1. The number of hydrogen-bond acceptors (Lipinski definition) is 3. The number of nitrogens with one attached hydrogen (secondary N) is 2. The van der Waals surface area contributed by atoms with Crippen LogP contribution in [0.3, 0.4) is 0 Å². The Morgan fingerprint density at radius 1 is 1.44 bits per heavy atom. The molecule has 1 heterocycles. The van der Waals surface area contributed by atoms with Crippen LogP contribution in [0.1, 0.15) is 31.4 Å². The quantitative estimate of drug-likeness (QED) is 0.851. The maximum absolute atomic E-state index is 11.8. The zero-order chi connectivity index (χ0) is 12.7. The standard InChI is InChI=1S/C14H19N3O/c1-3-17(9-4-5-9)10-6-7-11-12(8-10)16-14(18)13(11)15-2/h6-9,13,15H,3-5H2,1-2H3,(H,16,18). The van der Waals surface area contributed by atoms with Crippen LogP contribution in [0.5, 0.6) is 0 Å². The molecule has 1 fully saturated rings. The minimum absolute atomic E-state index is 0.0409. The van der Waals surface area contributed by atoms with Gasteiger partial charge in [0, 0.05) is 29.5 Å². The maximum Gasteiger partial charge on any atom is 0.246 e.